The zero-order valence-electron chi connectivity index (χ0n) is 14.8. The zero-order valence-corrected chi connectivity index (χ0v) is 14.8. The highest BCUT2D eigenvalue weighted by Gasteiger charge is 2.12. The van der Waals surface area contributed by atoms with Gasteiger partial charge < -0.3 is 10.0 Å². The van der Waals surface area contributed by atoms with Crippen molar-refractivity contribution in [3.63, 3.8) is 0 Å². The standard InChI is InChI=1S/C23H18N2O2/c1-17-6-5-9-22(14-17)25(20-7-3-2-4-8-20)21-12-10-18(11-13-21)15-19(16-24)23(26)27/h2-15H,1H3,(H,26,27)/b19-15-. The summed E-state index contributed by atoms with van der Waals surface area (Å²) in [6.45, 7) is 2.05. The lowest BCUT2D eigenvalue weighted by molar-refractivity contribution is -0.132. The summed E-state index contributed by atoms with van der Waals surface area (Å²) in [5.74, 6) is -1.23. The molecule has 0 aliphatic carbocycles. The highest BCUT2D eigenvalue weighted by atomic mass is 16.4. The number of aliphatic carboxylic acids is 1. The second-order valence-electron chi connectivity index (χ2n) is 6.08. The summed E-state index contributed by atoms with van der Waals surface area (Å²) >= 11 is 0. The molecule has 0 aliphatic heterocycles. The maximum absolute atomic E-state index is 11.0. The minimum Gasteiger partial charge on any atom is -0.477 e. The lowest BCUT2D eigenvalue weighted by Crippen LogP contribution is -2.09. The Hall–Kier alpha value is -3.84. The number of benzene rings is 3. The predicted octanol–water partition coefficient (Wildman–Crippen LogP) is 5.46. The second-order valence-corrected chi connectivity index (χ2v) is 6.08. The number of rotatable bonds is 5. The molecule has 0 radical (unpaired) electrons. The minimum atomic E-state index is -1.23. The summed E-state index contributed by atoms with van der Waals surface area (Å²) < 4.78 is 0. The molecule has 0 saturated carbocycles. The molecule has 0 bridgehead atoms. The van der Waals surface area contributed by atoms with Crippen LogP contribution >= 0.6 is 0 Å². The normalized spacial score (nSPS) is 10.9. The number of para-hydroxylation sites is 1. The van der Waals surface area contributed by atoms with Crippen molar-refractivity contribution >= 4 is 29.1 Å². The van der Waals surface area contributed by atoms with Gasteiger partial charge in [0, 0.05) is 17.1 Å². The third-order valence-electron chi connectivity index (χ3n) is 4.09. The van der Waals surface area contributed by atoms with Crippen molar-refractivity contribution in [1.82, 2.24) is 0 Å². The topological polar surface area (TPSA) is 64.3 Å². The van der Waals surface area contributed by atoms with Gasteiger partial charge in [0.1, 0.15) is 11.6 Å². The number of aryl methyl sites for hydroxylation is 1. The molecule has 0 amide bonds. The molecule has 27 heavy (non-hydrogen) atoms. The molecule has 0 saturated heterocycles. The van der Waals surface area contributed by atoms with Gasteiger partial charge in [0.25, 0.3) is 0 Å². The van der Waals surface area contributed by atoms with Crippen LogP contribution in [0.3, 0.4) is 0 Å². The molecule has 3 aromatic rings. The second kappa shape index (κ2) is 8.03. The molecule has 4 heteroatoms. The van der Waals surface area contributed by atoms with Gasteiger partial charge in [-0.25, -0.2) is 4.79 Å². The molecule has 0 unspecified atom stereocenters. The third kappa shape index (κ3) is 4.23. The summed E-state index contributed by atoms with van der Waals surface area (Å²) in [6.07, 6.45) is 1.37. The molecule has 132 valence electrons. The van der Waals surface area contributed by atoms with Crippen molar-refractivity contribution in [2.75, 3.05) is 4.90 Å². The van der Waals surface area contributed by atoms with Crippen LogP contribution < -0.4 is 4.90 Å². The van der Waals surface area contributed by atoms with Gasteiger partial charge in [0.15, 0.2) is 0 Å². The van der Waals surface area contributed by atoms with E-state index in [1.807, 2.05) is 54.6 Å². The first-order valence-corrected chi connectivity index (χ1v) is 8.45. The first-order valence-electron chi connectivity index (χ1n) is 8.45. The third-order valence-corrected chi connectivity index (χ3v) is 4.09. The van der Waals surface area contributed by atoms with Crippen LogP contribution in [0, 0.1) is 18.3 Å². The van der Waals surface area contributed by atoms with Crippen LogP contribution in [0.2, 0.25) is 0 Å². The number of carboxylic acid groups (broad SMARTS) is 1. The Morgan fingerprint density at radius 3 is 2.15 bits per heavy atom. The van der Waals surface area contributed by atoms with Gasteiger partial charge in [-0.05, 0) is 60.5 Å². The average molecular weight is 354 g/mol. The van der Waals surface area contributed by atoms with Crippen LogP contribution in [0.25, 0.3) is 6.08 Å². The first-order chi connectivity index (χ1) is 13.1. The molecule has 0 heterocycles. The van der Waals surface area contributed by atoms with E-state index in [-0.39, 0.29) is 5.57 Å². The fourth-order valence-electron chi connectivity index (χ4n) is 2.82. The van der Waals surface area contributed by atoms with E-state index in [0.717, 1.165) is 22.6 Å². The highest BCUT2D eigenvalue weighted by Crippen LogP contribution is 2.34. The molecule has 1 N–H and O–H groups in total. The van der Waals surface area contributed by atoms with Gasteiger partial charge in [0.05, 0.1) is 0 Å². The number of anilines is 3. The van der Waals surface area contributed by atoms with E-state index in [4.69, 9.17) is 10.4 Å². The Morgan fingerprint density at radius 2 is 1.56 bits per heavy atom. The van der Waals surface area contributed by atoms with Crippen molar-refractivity contribution in [3.05, 3.63) is 95.6 Å². The minimum absolute atomic E-state index is 0.290. The maximum Gasteiger partial charge on any atom is 0.346 e. The molecular formula is C23H18N2O2. The van der Waals surface area contributed by atoms with Gasteiger partial charge in [-0.15, -0.1) is 0 Å². The van der Waals surface area contributed by atoms with Crippen LogP contribution in [0.5, 0.6) is 0 Å². The number of carbonyl (C=O) groups is 1. The smallest absolute Gasteiger partial charge is 0.346 e. The maximum atomic E-state index is 11.0. The van der Waals surface area contributed by atoms with E-state index in [2.05, 4.69) is 24.0 Å². The zero-order chi connectivity index (χ0) is 19.2. The monoisotopic (exact) mass is 354 g/mol. The molecule has 0 atom stereocenters. The van der Waals surface area contributed by atoms with Crippen molar-refractivity contribution in [2.24, 2.45) is 0 Å². The average Bonchev–Trinajstić information content (AvgIpc) is 2.68. The SMILES string of the molecule is Cc1cccc(N(c2ccccc2)c2ccc(/C=C(/C#N)C(=O)O)cc2)c1. The Labute approximate surface area is 158 Å². The molecule has 3 aromatic carbocycles. The predicted molar refractivity (Wildman–Crippen MR) is 107 cm³/mol. The fourth-order valence-corrected chi connectivity index (χ4v) is 2.82. The summed E-state index contributed by atoms with van der Waals surface area (Å²) in [5, 5.41) is 17.9. The van der Waals surface area contributed by atoms with E-state index in [1.165, 1.54) is 6.08 Å². The lowest BCUT2D eigenvalue weighted by Gasteiger charge is -2.25. The van der Waals surface area contributed by atoms with E-state index in [0.29, 0.717) is 5.56 Å². The number of nitriles is 1. The van der Waals surface area contributed by atoms with Gasteiger partial charge in [-0.3, -0.25) is 0 Å². The lowest BCUT2D eigenvalue weighted by atomic mass is 10.1. The Morgan fingerprint density at radius 1 is 0.926 bits per heavy atom. The molecule has 3 rings (SSSR count). The number of hydrogen-bond donors (Lipinski definition) is 1. The van der Waals surface area contributed by atoms with Gasteiger partial charge in [0.2, 0.25) is 0 Å². The Bertz CT molecular complexity index is 1020. The van der Waals surface area contributed by atoms with Gasteiger partial charge >= 0.3 is 5.97 Å². The van der Waals surface area contributed by atoms with Crippen molar-refractivity contribution in [1.29, 1.82) is 5.26 Å². The van der Waals surface area contributed by atoms with E-state index in [9.17, 15) is 4.79 Å². The van der Waals surface area contributed by atoms with Gasteiger partial charge in [-0.2, -0.15) is 5.26 Å². The Balaban J connectivity index is 2.04. The molecule has 0 spiro atoms. The van der Waals surface area contributed by atoms with Crippen LogP contribution in [0.4, 0.5) is 17.1 Å². The molecule has 4 nitrogen and oxygen atoms in total. The number of carboxylic acids is 1. The summed E-state index contributed by atoms with van der Waals surface area (Å²) in [4.78, 5) is 13.1. The Kier molecular flexibility index (Phi) is 5.34. The molecule has 0 aromatic heterocycles. The number of hydrogen-bond acceptors (Lipinski definition) is 3. The van der Waals surface area contributed by atoms with E-state index < -0.39 is 5.97 Å². The highest BCUT2D eigenvalue weighted by molar-refractivity contribution is 5.96. The number of nitrogens with zero attached hydrogens (tertiary/aromatic N) is 2. The van der Waals surface area contributed by atoms with Crippen molar-refractivity contribution in [3.8, 4) is 6.07 Å². The van der Waals surface area contributed by atoms with Crippen molar-refractivity contribution in [2.45, 2.75) is 6.92 Å². The summed E-state index contributed by atoms with van der Waals surface area (Å²) in [7, 11) is 0. The molecule has 0 fully saturated rings. The first kappa shape index (κ1) is 18.0. The van der Waals surface area contributed by atoms with Crippen LogP contribution in [0.1, 0.15) is 11.1 Å². The van der Waals surface area contributed by atoms with Crippen LogP contribution in [-0.4, -0.2) is 11.1 Å². The molecular weight excluding hydrogens is 336 g/mol. The molecule has 0 aliphatic rings. The quantitative estimate of drug-likeness (QED) is 0.488. The van der Waals surface area contributed by atoms with E-state index in [1.54, 1.807) is 18.2 Å². The van der Waals surface area contributed by atoms with Crippen LogP contribution in [-0.2, 0) is 4.79 Å². The summed E-state index contributed by atoms with van der Waals surface area (Å²) in [5.41, 5.74) is 4.53. The van der Waals surface area contributed by atoms with Crippen molar-refractivity contribution < 1.29 is 9.90 Å². The fraction of sp³-hybridized carbons (Fsp3) is 0.0435. The van der Waals surface area contributed by atoms with E-state index >= 15 is 0 Å². The van der Waals surface area contributed by atoms with Gasteiger partial charge in [-0.1, -0.05) is 42.5 Å². The largest absolute Gasteiger partial charge is 0.477 e. The summed E-state index contributed by atoms with van der Waals surface area (Å²) in [6, 6.07) is 27.4. The van der Waals surface area contributed by atoms with Crippen LogP contribution in [0.15, 0.2) is 84.4 Å².